The van der Waals surface area contributed by atoms with Crippen molar-refractivity contribution in [3.8, 4) is 5.75 Å². The van der Waals surface area contributed by atoms with Gasteiger partial charge in [0, 0.05) is 42.2 Å². The maximum atomic E-state index is 13.5. The lowest BCUT2D eigenvalue weighted by molar-refractivity contribution is 0.0340. The Bertz CT molecular complexity index is 1350. The zero-order chi connectivity index (χ0) is 24.7. The van der Waals surface area contributed by atoms with Crippen LogP contribution in [0.2, 0.25) is 0 Å². The number of morpholine rings is 1. The lowest BCUT2D eigenvalue weighted by atomic mass is 10.0. The largest absolute Gasteiger partial charge is 0.506 e. The number of hydrogen-bond acceptors (Lipinski definition) is 7. The summed E-state index contributed by atoms with van der Waals surface area (Å²) < 4.78 is 31.8. The van der Waals surface area contributed by atoms with Gasteiger partial charge in [0.15, 0.2) is 0 Å². The minimum Gasteiger partial charge on any atom is -0.506 e. The fourth-order valence-electron chi connectivity index (χ4n) is 4.81. The Morgan fingerprint density at radius 3 is 2.66 bits per heavy atom. The van der Waals surface area contributed by atoms with Crippen molar-refractivity contribution in [1.29, 1.82) is 0 Å². The van der Waals surface area contributed by atoms with Gasteiger partial charge in [-0.05, 0) is 54.8 Å². The smallest absolute Gasteiger partial charge is 0.341 e. The van der Waals surface area contributed by atoms with Crippen molar-refractivity contribution in [2.24, 2.45) is 0 Å². The van der Waals surface area contributed by atoms with Crippen LogP contribution >= 0.6 is 15.9 Å². The minimum atomic E-state index is -0.510. The Kier molecular flexibility index (Phi) is 6.89. The SMILES string of the molecule is CCOC(=O)c1c(C(=S=O)c2ccoc2C)n(C2CC2)c2cc(Br)c(O)c(CN3CCOCC3)c12. The molecule has 3 aromatic rings. The number of fused-ring (bicyclic) bond motifs is 1. The Morgan fingerprint density at radius 2 is 2.06 bits per heavy atom. The molecule has 1 N–H and O–H groups in total. The van der Waals surface area contributed by atoms with Crippen LogP contribution in [0.25, 0.3) is 10.9 Å². The Labute approximate surface area is 215 Å². The van der Waals surface area contributed by atoms with E-state index in [1.54, 1.807) is 26.2 Å². The summed E-state index contributed by atoms with van der Waals surface area (Å²) in [6.45, 7) is 6.86. The van der Waals surface area contributed by atoms with Crippen LogP contribution in [0, 0.1) is 6.92 Å². The van der Waals surface area contributed by atoms with Gasteiger partial charge in [0.25, 0.3) is 0 Å². The number of carbonyl (C=O) groups is 1. The van der Waals surface area contributed by atoms with Crippen molar-refractivity contribution in [2.45, 2.75) is 39.3 Å². The van der Waals surface area contributed by atoms with E-state index in [2.05, 4.69) is 25.4 Å². The van der Waals surface area contributed by atoms with E-state index < -0.39 is 5.97 Å². The fourth-order valence-corrected chi connectivity index (χ4v) is 5.85. The minimum absolute atomic E-state index is 0.0878. The van der Waals surface area contributed by atoms with Crippen molar-refractivity contribution in [1.82, 2.24) is 9.47 Å². The number of benzene rings is 1. The van der Waals surface area contributed by atoms with E-state index >= 15 is 0 Å². The van der Waals surface area contributed by atoms with Gasteiger partial charge in [-0.2, -0.15) is 0 Å². The molecule has 8 nitrogen and oxygen atoms in total. The van der Waals surface area contributed by atoms with Gasteiger partial charge in [-0.1, -0.05) is 0 Å². The molecule has 0 spiro atoms. The monoisotopic (exact) mass is 562 g/mol. The maximum Gasteiger partial charge on any atom is 0.341 e. The highest BCUT2D eigenvalue weighted by molar-refractivity contribution is 9.10. The normalized spacial score (nSPS) is 16.5. The first-order chi connectivity index (χ1) is 17.0. The molecule has 2 aliphatic rings. The van der Waals surface area contributed by atoms with Gasteiger partial charge in [0.2, 0.25) is 0 Å². The number of rotatable bonds is 7. The molecule has 1 aromatic carbocycles. The number of aromatic hydroxyl groups is 1. The molecule has 1 saturated carbocycles. The molecule has 1 saturated heterocycles. The molecule has 0 bridgehead atoms. The number of aryl methyl sites for hydroxylation is 1. The Morgan fingerprint density at radius 1 is 1.31 bits per heavy atom. The summed E-state index contributed by atoms with van der Waals surface area (Å²) in [5.74, 6) is 0.178. The van der Waals surface area contributed by atoms with Crippen LogP contribution in [0.1, 0.15) is 58.7 Å². The number of aromatic nitrogens is 1. The van der Waals surface area contributed by atoms with Crippen LogP contribution in [-0.4, -0.2) is 62.5 Å². The van der Waals surface area contributed by atoms with Crippen LogP contribution in [0.4, 0.5) is 0 Å². The summed E-state index contributed by atoms with van der Waals surface area (Å²) in [7, 11) is 0. The van der Waals surface area contributed by atoms with Gasteiger partial charge < -0.3 is 23.6 Å². The van der Waals surface area contributed by atoms with E-state index in [1.165, 1.54) is 0 Å². The van der Waals surface area contributed by atoms with Gasteiger partial charge in [-0.3, -0.25) is 4.90 Å². The number of esters is 1. The summed E-state index contributed by atoms with van der Waals surface area (Å²) >= 11 is 3.88. The van der Waals surface area contributed by atoms with Crippen LogP contribution in [0.5, 0.6) is 5.75 Å². The van der Waals surface area contributed by atoms with E-state index in [9.17, 15) is 14.1 Å². The van der Waals surface area contributed by atoms with Crippen molar-refractivity contribution < 1.29 is 28.0 Å². The molecular formula is C25H27BrN2O6S. The second kappa shape index (κ2) is 9.93. The fraction of sp³-hybridized carbons (Fsp3) is 0.440. The topological polar surface area (TPSA) is 94.1 Å². The summed E-state index contributed by atoms with van der Waals surface area (Å²) in [6, 6.07) is 3.74. The van der Waals surface area contributed by atoms with Gasteiger partial charge in [-0.25, -0.2) is 9.00 Å². The summed E-state index contributed by atoms with van der Waals surface area (Å²) in [4.78, 5) is 16.1. The van der Waals surface area contributed by atoms with Crippen molar-refractivity contribution >= 4 is 48.9 Å². The third-order valence-electron chi connectivity index (χ3n) is 6.60. The number of ether oxygens (including phenoxy) is 2. The van der Waals surface area contributed by atoms with Crippen molar-refractivity contribution in [2.75, 3.05) is 32.9 Å². The van der Waals surface area contributed by atoms with Crippen LogP contribution in [0.3, 0.4) is 0 Å². The molecule has 0 unspecified atom stereocenters. The second-order valence-corrected chi connectivity index (χ2v) is 10.2. The standard InChI is InChI=1S/C25H27BrN2O6S/c1-3-33-25(30)21-20-17(13-27-7-10-32-11-8-27)23(29)18(26)12-19(20)28(15-4-5-15)22(21)24(35-31)16-6-9-34-14(16)2/h6,9,12,15,29H,3-5,7-8,10-11,13H2,1-2H3. The predicted molar refractivity (Wildman–Crippen MR) is 136 cm³/mol. The van der Waals surface area contributed by atoms with Gasteiger partial charge in [-0.15, -0.1) is 0 Å². The number of furan rings is 1. The molecule has 0 radical (unpaired) electrons. The quantitative estimate of drug-likeness (QED) is 0.263. The van der Waals surface area contributed by atoms with E-state index in [-0.39, 0.29) is 18.4 Å². The second-order valence-electron chi connectivity index (χ2n) is 8.82. The molecular weight excluding hydrogens is 536 g/mol. The van der Waals surface area contributed by atoms with Crippen molar-refractivity contribution in [3.05, 3.63) is 51.0 Å². The summed E-state index contributed by atoms with van der Waals surface area (Å²) in [6.07, 6.45) is 3.43. The first-order valence-electron chi connectivity index (χ1n) is 11.7. The highest BCUT2D eigenvalue weighted by Gasteiger charge is 2.37. The molecule has 1 aliphatic heterocycles. The lowest BCUT2D eigenvalue weighted by Crippen LogP contribution is -2.35. The maximum absolute atomic E-state index is 13.5. The van der Waals surface area contributed by atoms with Crippen LogP contribution in [0.15, 0.2) is 27.3 Å². The van der Waals surface area contributed by atoms with Crippen molar-refractivity contribution in [3.63, 3.8) is 0 Å². The molecule has 0 atom stereocenters. The highest BCUT2D eigenvalue weighted by atomic mass is 79.9. The number of carbonyl (C=O) groups excluding carboxylic acids is 1. The molecule has 2 fully saturated rings. The molecule has 35 heavy (non-hydrogen) atoms. The molecule has 1 aliphatic carbocycles. The van der Waals surface area contributed by atoms with E-state index in [1.807, 2.05) is 6.07 Å². The first kappa shape index (κ1) is 24.3. The average molecular weight is 563 g/mol. The van der Waals surface area contributed by atoms with Crippen LogP contribution in [-0.2, 0) is 27.3 Å². The third-order valence-corrected chi connectivity index (χ3v) is 7.78. The van der Waals surface area contributed by atoms with Crippen LogP contribution < -0.4 is 0 Å². The number of nitrogens with zero attached hydrogens (tertiary/aromatic N) is 2. The van der Waals surface area contributed by atoms with Gasteiger partial charge >= 0.3 is 5.97 Å². The molecule has 2 aromatic heterocycles. The summed E-state index contributed by atoms with van der Waals surface area (Å²) in [5.41, 5.74) is 2.94. The zero-order valence-corrected chi connectivity index (χ0v) is 22.0. The predicted octanol–water partition coefficient (Wildman–Crippen LogP) is 4.14. The molecule has 5 rings (SSSR count). The highest BCUT2D eigenvalue weighted by Crippen LogP contribution is 2.46. The molecule has 186 valence electrons. The van der Waals surface area contributed by atoms with E-state index in [0.29, 0.717) is 73.9 Å². The zero-order valence-electron chi connectivity index (χ0n) is 19.6. The molecule has 0 amide bonds. The number of hydrogen-bond donors (Lipinski definition) is 1. The number of halogens is 1. The van der Waals surface area contributed by atoms with E-state index in [0.717, 1.165) is 31.4 Å². The average Bonchev–Trinajstić information content (AvgIpc) is 3.52. The summed E-state index contributed by atoms with van der Waals surface area (Å²) in [5, 5.41) is 11.8. The van der Waals surface area contributed by atoms with Gasteiger partial charge in [0.1, 0.15) is 16.4 Å². The number of phenols is 1. The van der Waals surface area contributed by atoms with Gasteiger partial charge in [0.05, 0.1) is 58.6 Å². The van der Waals surface area contributed by atoms with E-state index in [4.69, 9.17) is 13.9 Å². The first-order valence-corrected chi connectivity index (χ1v) is 13.3. The Hall–Kier alpha value is -2.40. The lowest BCUT2D eigenvalue weighted by Gasteiger charge is -2.27. The molecule has 3 heterocycles. The Balaban J connectivity index is 1.85. The number of phenolic OH excluding ortho intramolecular Hbond substituents is 1. The molecule has 10 heteroatoms. The third kappa shape index (κ3) is 4.37.